The Morgan fingerprint density at radius 2 is 1.22 bits per heavy atom. The predicted molar refractivity (Wildman–Crippen MR) is 252 cm³/mol. The number of carbonyl (C=O) groups is 4. The summed E-state index contributed by atoms with van der Waals surface area (Å²) in [5, 5.41) is 5.49. The molecule has 2 saturated heterocycles. The van der Waals surface area contributed by atoms with Crippen LogP contribution in [0.15, 0.2) is 60.7 Å². The highest BCUT2D eigenvalue weighted by molar-refractivity contribution is 5.90. The number of ether oxygens (including phenoxy) is 2. The molecule has 0 unspecified atom stereocenters. The van der Waals surface area contributed by atoms with Crippen molar-refractivity contribution in [3.8, 4) is 0 Å². The van der Waals surface area contributed by atoms with Gasteiger partial charge in [-0.1, -0.05) is 77.8 Å². The van der Waals surface area contributed by atoms with Gasteiger partial charge in [-0.25, -0.2) is 19.6 Å². The van der Waals surface area contributed by atoms with Gasteiger partial charge in [0.05, 0.1) is 48.4 Å². The number of likely N-dealkylation sites (tertiary alicyclic amines) is 2. The number of amides is 4. The maximum absolute atomic E-state index is 13.9. The number of rotatable bonds is 10. The smallest absolute Gasteiger partial charge is 0.407 e. The largest absolute Gasteiger partial charge is 0.453 e. The fraction of sp³-hybridized carbons (Fsp3) is 0.529. The van der Waals surface area contributed by atoms with Crippen LogP contribution < -0.4 is 10.6 Å². The summed E-state index contributed by atoms with van der Waals surface area (Å²) in [5.41, 5.74) is 9.37. The molecule has 0 radical (unpaired) electrons. The van der Waals surface area contributed by atoms with E-state index < -0.39 is 24.3 Å². The van der Waals surface area contributed by atoms with Crippen LogP contribution in [0.25, 0.3) is 33.2 Å². The number of aromatic nitrogens is 4. The number of aromatic amines is 2. The van der Waals surface area contributed by atoms with Crippen LogP contribution in [0.4, 0.5) is 9.59 Å². The molecule has 65 heavy (non-hydrogen) atoms. The average Bonchev–Trinajstić information content (AvgIpc) is 4.13. The third kappa shape index (κ3) is 9.58. The highest BCUT2D eigenvalue weighted by Crippen LogP contribution is 2.49. The molecule has 2 aromatic heterocycles. The van der Waals surface area contributed by atoms with Gasteiger partial charge in [0.15, 0.2) is 0 Å². The summed E-state index contributed by atoms with van der Waals surface area (Å²) < 4.78 is 9.66. The number of nitrogens with one attached hydrogen (secondary N) is 4. The van der Waals surface area contributed by atoms with E-state index in [4.69, 9.17) is 26.0 Å². The molecule has 0 bridgehead atoms. The molecule has 14 nitrogen and oxygen atoms in total. The molecule has 4 aromatic rings. The fourth-order valence-electron chi connectivity index (χ4n) is 10.8. The van der Waals surface area contributed by atoms with E-state index in [0.29, 0.717) is 13.1 Å². The minimum Gasteiger partial charge on any atom is -0.453 e. The van der Waals surface area contributed by atoms with Crippen LogP contribution in [0, 0.1) is 17.3 Å². The zero-order valence-electron chi connectivity index (χ0n) is 38.9. The minimum atomic E-state index is -0.702. The molecule has 2 aromatic carbocycles. The molecule has 4 N–H and O–H groups in total. The number of carbonyl (C=O) groups excluding carboxylic acids is 4. The Labute approximate surface area is 382 Å². The normalized spacial score (nSPS) is 22.8. The molecular formula is C51H66N8O6. The summed E-state index contributed by atoms with van der Waals surface area (Å²) in [4.78, 5) is 72.9. The van der Waals surface area contributed by atoms with Crippen LogP contribution >= 0.6 is 0 Å². The van der Waals surface area contributed by atoms with Gasteiger partial charge in [-0.2, -0.15) is 0 Å². The molecule has 4 atom stereocenters. The molecule has 3 fully saturated rings. The van der Waals surface area contributed by atoms with Crippen LogP contribution in [0.3, 0.4) is 0 Å². The standard InChI is InChI=1S/C51H66N8O6/c1-30(2)43(56-49(62)64-6)47(60)58-25-11-13-41(58)45-52-37-19-16-34(27-39(37)54-45)33-15-18-36(32(5)29-51(24-21-33)22-9-8-10-23-51)35-17-20-38-40(28-35)55-46(53-38)42-14-12-26-59(42)48(61)44(31(3)4)57-50(63)65-7/h15-20,27-28,30-31,41-44H,5,8-14,21-26,29H2,1-4,6-7H3,(H,52,54)(H,53,55)(H,56,62)(H,57,63)/b33-15+,36-18+/t41-,42-,43-,44-/m0/s1. The summed E-state index contributed by atoms with van der Waals surface area (Å²) in [5.74, 6) is 1.01. The quantitative estimate of drug-likeness (QED) is 0.122. The van der Waals surface area contributed by atoms with Crippen molar-refractivity contribution in [1.29, 1.82) is 0 Å². The number of alkyl carbamates (subject to hydrolysis) is 2. The number of H-pyrrole nitrogens is 2. The van der Waals surface area contributed by atoms with Crippen molar-refractivity contribution >= 4 is 57.2 Å². The van der Waals surface area contributed by atoms with E-state index in [-0.39, 0.29) is 41.1 Å². The topological polar surface area (TPSA) is 175 Å². The van der Waals surface area contributed by atoms with Gasteiger partial charge in [0.2, 0.25) is 11.8 Å². The van der Waals surface area contributed by atoms with Crippen molar-refractivity contribution in [1.82, 2.24) is 40.4 Å². The fourth-order valence-corrected chi connectivity index (χ4v) is 10.8. The first-order valence-electron chi connectivity index (χ1n) is 23.7. The van der Waals surface area contributed by atoms with E-state index in [1.54, 1.807) is 0 Å². The number of allylic oxidation sites excluding steroid dienone is 5. The molecule has 2 aliphatic heterocycles. The Bertz CT molecular complexity index is 2510. The van der Waals surface area contributed by atoms with Gasteiger partial charge in [-0.3, -0.25) is 9.59 Å². The maximum Gasteiger partial charge on any atom is 0.407 e. The highest BCUT2D eigenvalue weighted by Gasteiger charge is 2.40. The predicted octanol–water partition coefficient (Wildman–Crippen LogP) is 9.69. The molecule has 4 heterocycles. The lowest BCUT2D eigenvalue weighted by molar-refractivity contribution is -0.136. The second-order valence-electron chi connectivity index (χ2n) is 19.4. The highest BCUT2D eigenvalue weighted by atomic mass is 16.5. The summed E-state index contributed by atoms with van der Waals surface area (Å²) >= 11 is 0. The number of hydrogen-bond acceptors (Lipinski definition) is 8. The monoisotopic (exact) mass is 887 g/mol. The lowest BCUT2D eigenvalue weighted by atomic mass is 9.66. The van der Waals surface area contributed by atoms with E-state index >= 15 is 0 Å². The van der Waals surface area contributed by atoms with Crippen molar-refractivity contribution in [2.45, 2.75) is 129 Å². The SMILES string of the molecule is C=C1CC2(CCCCC2)CC/C(c2ccc3nc([C@@H]4CCCN4C(=O)[C@@H](NC(=O)OC)C(C)C)[nH]c3c2)=C\C=C/1c1ccc2nc([C@@H]3CCCN3C(=O)[C@@H](NC(=O)OC)C(C)C)[nH]c2c1. The molecule has 2 aliphatic carbocycles. The summed E-state index contributed by atoms with van der Waals surface area (Å²) in [6.45, 7) is 13.6. The molecule has 14 heteroatoms. The number of imidazole rings is 2. The van der Waals surface area contributed by atoms with E-state index in [1.807, 2.05) is 37.5 Å². The Balaban J connectivity index is 1.09. The number of nitrogens with zero attached hydrogens (tertiary/aromatic N) is 4. The number of hydrogen-bond donors (Lipinski definition) is 4. The maximum atomic E-state index is 13.9. The van der Waals surface area contributed by atoms with Crippen LogP contribution in [0.1, 0.15) is 140 Å². The zero-order chi connectivity index (χ0) is 46.0. The first kappa shape index (κ1) is 45.6. The van der Waals surface area contributed by atoms with Crippen LogP contribution in [0.2, 0.25) is 0 Å². The van der Waals surface area contributed by atoms with Crippen LogP contribution in [-0.4, -0.2) is 93.1 Å². The lowest BCUT2D eigenvalue weighted by Gasteiger charge is -2.38. The molecule has 346 valence electrons. The molecular weight excluding hydrogens is 821 g/mol. The minimum absolute atomic E-state index is 0.113. The molecule has 1 spiro atoms. The van der Waals surface area contributed by atoms with Gasteiger partial charge in [0.25, 0.3) is 0 Å². The van der Waals surface area contributed by atoms with Crippen molar-refractivity contribution in [3.63, 3.8) is 0 Å². The van der Waals surface area contributed by atoms with E-state index in [9.17, 15) is 19.2 Å². The van der Waals surface area contributed by atoms with Crippen molar-refractivity contribution < 1.29 is 28.7 Å². The molecule has 1 saturated carbocycles. The third-order valence-electron chi connectivity index (χ3n) is 14.4. The molecule has 4 amide bonds. The Kier molecular flexibility index (Phi) is 13.5. The summed E-state index contributed by atoms with van der Waals surface area (Å²) in [7, 11) is 2.61. The number of fused-ring (bicyclic) bond motifs is 2. The van der Waals surface area contributed by atoms with Crippen LogP contribution in [0.5, 0.6) is 0 Å². The van der Waals surface area contributed by atoms with Crippen molar-refractivity contribution in [2.24, 2.45) is 17.3 Å². The number of benzene rings is 2. The summed E-state index contributed by atoms with van der Waals surface area (Å²) in [6.07, 6.45) is 15.6. The summed E-state index contributed by atoms with van der Waals surface area (Å²) in [6, 6.07) is 11.0. The second-order valence-corrected chi connectivity index (χ2v) is 19.4. The van der Waals surface area contributed by atoms with Crippen molar-refractivity contribution in [2.75, 3.05) is 27.3 Å². The van der Waals surface area contributed by atoms with E-state index in [2.05, 4.69) is 69.2 Å². The van der Waals surface area contributed by atoms with Gasteiger partial charge in [0.1, 0.15) is 23.7 Å². The van der Waals surface area contributed by atoms with Gasteiger partial charge in [0, 0.05) is 13.1 Å². The second kappa shape index (κ2) is 19.3. The van der Waals surface area contributed by atoms with E-state index in [0.717, 1.165) is 101 Å². The first-order valence-corrected chi connectivity index (χ1v) is 23.7. The Morgan fingerprint density at radius 1 is 0.708 bits per heavy atom. The van der Waals surface area contributed by atoms with Gasteiger partial charge in [-0.05, 0) is 127 Å². The zero-order valence-corrected chi connectivity index (χ0v) is 38.9. The van der Waals surface area contributed by atoms with E-state index in [1.165, 1.54) is 51.9 Å². The lowest BCUT2D eigenvalue weighted by Crippen LogP contribution is -2.51. The Morgan fingerprint density at radius 3 is 1.72 bits per heavy atom. The third-order valence-corrected chi connectivity index (χ3v) is 14.4. The number of methoxy groups -OCH3 is 2. The average molecular weight is 887 g/mol. The first-order chi connectivity index (χ1) is 31.3. The van der Waals surface area contributed by atoms with Crippen molar-refractivity contribution in [3.05, 3.63) is 83.5 Å². The van der Waals surface area contributed by atoms with Crippen LogP contribution in [-0.2, 0) is 19.1 Å². The molecule has 4 aliphatic rings. The van der Waals surface area contributed by atoms with Gasteiger partial charge in [-0.15, -0.1) is 0 Å². The van der Waals surface area contributed by atoms with Gasteiger partial charge < -0.3 is 39.9 Å². The molecule has 8 rings (SSSR count). The van der Waals surface area contributed by atoms with Gasteiger partial charge >= 0.3 is 12.2 Å². The Hall–Kier alpha value is -5.92.